The van der Waals surface area contributed by atoms with Gasteiger partial charge in [-0.3, -0.25) is 4.79 Å². The lowest BCUT2D eigenvalue weighted by Crippen LogP contribution is -2.27. The van der Waals surface area contributed by atoms with E-state index in [0.717, 1.165) is 0 Å². The van der Waals surface area contributed by atoms with Crippen LogP contribution in [0.1, 0.15) is 0 Å². The number of carbonyl (C=O) groups is 1. The van der Waals surface area contributed by atoms with E-state index in [-0.39, 0.29) is 12.5 Å². The molecule has 6 heteroatoms. The first-order valence-corrected chi connectivity index (χ1v) is 5.66. The van der Waals surface area contributed by atoms with Crippen LogP contribution in [0.4, 0.5) is 5.69 Å². The highest BCUT2D eigenvalue weighted by Crippen LogP contribution is 2.32. The zero-order valence-corrected chi connectivity index (χ0v) is 11.3. The summed E-state index contributed by atoms with van der Waals surface area (Å²) in [6.45, 7) is -0.0617. The van der Waals surface area contributed by atoms with Crippen molar-refractivity contribution in [3.8, 4) is 5.75 Å². The molecule has 0 aliphatic heterocycles. The predicted molar refractivity (Wildman–Crippen MR) is 67.8 cm³/mol. The number of amides is 1. The van der Waals surface area contributed by atoms with Crippen LogP contribution >= 0.6 is 27.5 Å². The molecule has 4 nitrogen and oxygen atoms in total. The lowest BCUT2D eigenvalue weighted by Gasteiger charge is -2.12. The SMILES string of the molecule is CN(C)C(=O)COc1cc(N)c(Br)cc1Cl. The summed E-state index contributed by atoms with van der Waals surface area (Å²) in [5.41, 5.74) is 6.19. The standard InChI is InChI=1S/C10H12BrClN2O2/c1-14(2)10(15)5-16-9-4-8(13)6(11)3-7(9)12/h3-4H,5,13H2,1-2H3. The average molecular weight is 308 g/mol. The van der Waals surface area contributed by atoms with Crippen LogP contribution in [-0.4, -0.2) is 31.5 Å². The van der Waals surface area contributed by atoms with Crippen molar-refractivity contribution in [1.29, 1.82) is 0 Å². The Bertz CT molecular complexity index is 410. The zero-order valence-electron chi connectivity index (χ0n) is 8.96. The number of anilines is 1. The van der Waals surface area contributed by atoms with Crippen molar-refractivity contribution in [3.05, 3.63) is 21.6 Å². The zero-order chi connectivity index (χ0) is 12.3. The predicted octanol–water partition coefficient (Wildman–Crippen LogP) is 2.15. The Kier molecular flexibility index (Phi) is 4.44. The molecule has 0 saturated heterocycles. The van der Waals surface area contributed by atoms with Gasteiger partial charge < -0.3 is 15.4 Å². The van der Waals surface area contributed by atoms with Crippen LogP contribution in [-0.2, 0) is 4.79 Å². The van der Waals surface area contributed by atoms with Crippen LogP contribution in [0.25, 0.3) is 0 Å². The molecule has 0 atom stereocenters. The van der Waals surface area contributed by atoms with Gasteiger partial charge in [0.2, 0.25) is 0 Å². The molecule has 0 aliphatic rings. The molecule has 1 rings (SSSR count). The van der Waals surface area contributed by atoms with Gasteiger partial charge in [0.25, 0.3) is 5.91 Å². The Labute approximate surface area is 107 Å². The molecule has 88 valence electrons. The van der Waals surface area contributed by atoms with Crippen LogP contribution < -0.4 is 10.5 Å². The van der Waals surface area contributed by atoms with Gasteiger partial charge in [-0.25, -0.2) is 0 Å². The second kappa shape index (κ2) is 5.41. The molecule has 2 N–H and O–H groups in total. The van der Waals surface area contributed by atoms with Crippen molar-refractivity contribution in [2.45, 2.75) is 0 Å². The molecule has 0 aromatic heterocycles. The fraction of sp³-hybridized carbons (Fsp3) is 0.300. The molecule has 0 spiro atoms. The van der Waals surface area contributed by atoms with Crippen molar-refractivity contribution < 1.29 is 9.53 Å². The highest BCUT2D eigenvalue weighted by Gasteiger charge is 2.09. The summed E-state index contributed by atoms with van der Waals surface area (Å²) in [5, 5.41) is 0.410. The number of hydrogen-bond acceptors (Lipinski definition) is 3. The van der Waals surface area contributed by atoms with Gasteiger partial charge in [0.05, 0.1) is 5.02 Å². The van der Waals surface area contributed by atoms with Crippen molar-refractivity contribution in [3.63, 3.8) is 0 Å². The van der Waals surface area contributed by atoms with Crippen LogP contribution in [0, 0.1) is 0 Å². The topological polar surface area (TPSA) is 55.6 Å². The van der Waals surface area contributed by atoms with Gasteiger partial charge in [-0.15, -0.1) is 0 Å². The maximum atomic E-state index is 11.3. The van der Waals surface area contributed by atoms with Gasteiger partial charge in [0, 0.05) is 30.3 Å². The molecular weight excluding hydrogens is 295 g/mol. The number of benzene rings is 1. The van der Waals surface area contributed by atoms with Gasteiger partial charge in [0.15, 0.2) is 6.61 Å². The lowest BCUT2D eigenvalue weighted by atomic mass is 10.3. The maximum Gasteiger partial charge on any atom is 0.259 e. The van der Waals surface area contributed by atoms with Crippen molar-refractivity contribution in [2.24, 2.45) is 0 Å². The van der Waals surface area contributed by atoms with Crippen LogP contribution in [0.3, 0.4) is 0 Å². The number of nitrogens with two attached hydrogens (primary N) is 1. The monoisotopic (exact) mass is 306 g/mol. The normalized spacial score (nSPS) is 10.0. The van der Waals surface area contributed by atoms with E-state index in [1.54, 1.807) is 26.2 Å². The lowest BCUT2D eigenvalue weighted by molar-refractivity contribution is -0.130. The summed E-state index contributed by atoms with van der Waals surface area (Å²) < 4.78 is 5.97. The van der Waals surface area contributed by atoms with Gasteiger partial charge >= 0.3 is 0 Å². The first-order valence-electron chi connectivity index (χ1n) is 4.49. The fourth-order valence-corrected chi connectivity index (χ4v) is 1.62. The molecule has 0 unspecified atom stereocenters. The molecule has 1 aromatic carbocycles. The number of nitrogens with zero attached hydrogens (tertiary/aromatic N) is 1. The van der Waals surface area contributed by atoms with Gasteiger partial charge in [0.1, 0.15) is 5.75 Å². The number of carbonyl (C=O) groups excluding carboxylic acids is 1. The molecule has 0 fully saturated rings. The van der Waals surface area contributed by atoms with E-state index in [4.69, 9.17) is 22.1 Å². The summed E-state index contributed by atoms with van der Waals surface area (Å²) in [7, 11) is 3.31. The third kappa shape index (κ3) is 3.28. The summed E-state index contributed by atoms with van der Waals surface area (Å²) in [6.07, 6.45) is 0. The Morgan fingerprint density at radius 3 is 2.75 bits per heavy atom. The molecule has 0 saturated carbocycles. The number of hydrogen-bond donors (Lipinski definition) is 1. The summed E-state index contributed by atoms with van der Waals surface area (Å²) in [5.74, 6) is 0.259. The third-order valence-electron chi connectivity index (χ3n) is 1.90. The molecular formula is C10H12BrClN2O2. The van der Waals surface area contributed by atoms with Gasteiger partial charge in [-0.1, -0.05) is 11.6 Å². The highest BCUT2D eigenvalue weighted by atomic mass is 79.9. The quantitative estimate of drug-likeness (QED) is 0.871. The maximum absolute atomic E-state index is 11.3. The minimum Gasteiger partial charge on any atom is -0.482 e. The molecule has 0 aliphatic carbocycles. The third-order valence-corrected chi connectivity index (χ3v) is 2.88. The van der Waals surface area contributed by atoms with E-state index < -0.39 is 0 Å². The number of ether oxygens (including phenoxy) is 1. The van der Waals surface area contributed by atoms with E-state index in [2.05, 4.69) is 15.9 Å². The van der Waals surface area contributed by atoms with E-state index in [1.165, 1.54) is 4.90 Å². The largest absolute Gasteiger partial charge is 0.482 e. The molecule has 16 heavy (non-hydrogen) atoms. The minimum atomic E-state index is -0.141. The Morgan fingerprint density at radius 1 is 1.56 bits per heavy atom. The minimum absolute atomic E-state index is 0.0617. The second-order valence-corrected chi connectivity index (χ2v) is 4.64. The van der Waals surface area contributed by atoms with Crippen LogP contribution in [0.5, 0.6) is 5.75 Å². The van der Waals surface area contributed by atoms with E-state index in [9.17, 15) is 4.79 Å². The summed E-state index contributed by atoms with van der Waals surface area (Å²) in [6, 6.07) is 3.21. The highest BCUT2D eigenvalue weighted by molar-refractivity contribution is 9.10. The number of halogens is 2. The van der Waals surface area contributed by atoms with Crippen molar-refractivity contribution in [1.82, 2.24) is 4.90 Å². The average Bonchev–Trinajstić information content (AvgIpc) is 2.20. The van der Waals surface area contributed by atoms with E-state index in [1.807, 2.05) is 0 Å². The van der Waals surface area contributed by atoms with E-state index >= 15 is 0 Å². The van der Waals surface area contributed by atoms with E-state index in [0.29, 0.717) is 20.9 Å². The van der Waals surface area contributed by atoms with Gasteiger partial charge in [-0.2, -0.15) is 0 Å². The molecule has 0 heterocycles. The molecule has 1 aromatic rings. The first-order chi connectivity index (χ1) is 7.41. The number of likely N-dealkylation sites (N-methyl/N-ethyl adjacent to an activating group) is 1. The fourth-order valence-electron chi connectivity index (χ4n) is 0.924. The second-order valence-electron chi connectivity index (χ2n) is 3.38. The summed E-state index contributed by atoms with van der Waals surface area (Å²) in [4.78, 5) is 12.7. The Hall–Kier alpha value is -0.940. The first kappa shape index (κ1) is 13.1. The summed E-state index contributed by atoms with van der Waals surface area (Å²) >= 11 is 9.17. The molecule has 0 bridgehead atoms. The number of rotatable bonds is 3. The number of nitrogen functional groups attached to an aromatic ring is 1. The molecule has 1 amide bonds. The van der Waals surface area contributed by atoms with Crippen molar-refractivity contribution in [2.75, 3.05) is 26.4 Å². The van der Waals surface area contributed by atoms with Gasteiger partial charge in [-0.05, 0) is 22.0 Å². The van der Waals surface area contributed by atoms with Crippen LogP contribution in [0.2, 0.25) is 5.02 Å². The van der Waals surface area contributed by atoms with Crippen LogP contribution in [0.15, 0.2) is 16.6 Å². The molecule has 0 radical (unpaired) electrons. The smallest absolute Gasteiger partial charge is 0.259 e. The van der Waals surface area contributed by atoms with Crippen molar-refractivity contribution >= 4 is 39.1 Å². The Morgan fingerprint density at radius 2 is 2.19 bits per heavy atom. The Balaban J connectivity index is 2.75.